The molecule has 0 aromatic carbocycles. The molecule has 1 unspecified atom stereocenters. The molecule has 0 saturated heterocycles. The Morgan fingerprint density at radius 1 is 0.968 bits per heavy atom. The molecule has 0 aliphatic heterocycles. The molecule has 0 aliphatic rings. The van der Waals surface area contributed by atoms with E-state index in [2.05, 4.69) is 19.2 Å². The van der Waals surface area contributed by atoms with E-state index >= 15 is 0 Å². The Morgan fingerprint density at radius 3 is 2.16 bits per heavy atom. The van der Waals surface area contributed by atoms with Gasteiger partial charge in [-0.3, -0.25) is 9.36 Å². The summed E-state index contributed by atoms with van der Waals surface area (Å²) in [4.78, 5) is 22.5. The smallest absolute Gasteiger partial charge is 0.328 e. The third kappa shape index (κ3) is 18.8. The van der Waals surface area contributed by atoms with E-state index in [1.165, 1.54) is 19.3 Å². The fraction of sp³-hybridized carbons (Fsp3) is 0.957. The summed E-state index contributed by atoms with van der Waals surface area (Å²) in [5.74, 6) is -0.0980. The number of quaternary nitrogens is 1. The van der Waals surface area contributed by atoms with Crippen molar-refractivity contribution in [2.45, 2.75) is 103 Å². The van der Waals surface area contributed by atoms with Crippen LogP contribution in [0.1, 0.15) is 90.9 Å². The molecule has 3 atom stereocenters. The average molecular weight is 466 g/mol. The molecule has 3 N–H and O–H groups in total. The van der Waals surface area contributed by atoms with E-state index in [4.69, 9.17) is 4.52 Å². The van der Waals surface area contributed by atoms with E-state index in [1.54, 1.807) is 0 Å². The van der Waals surface area contributed by atoms with Gasteiger partial charge in [0.25, 0.3) is 0 Å². The number of aliphatic hydroxyl groups excluding tert-OH is 1. The maximum Gasteiger partial charge on any atom is 0.328 e. The van der Waals surface area contributed by atoms with Crippen LogP contribution in [0.3, 0.4) is 0 Å². The van der Waals surface area contributed by atoms with Gasteiger partial charge in [-0.05, 0) is 19.3 Å². The number of rotatable bonds is 20. The van der Waals surface area contributed by atoms with Gasteiger partial charge in [-0.1, -0.05) is 65.2 Å². The Bertz CT molecular complexity index is 511. The van der Waals surface area contributed by atoms with Crippen LogP contribution >= 0.6 is 7.60 Å². The molecule has 0 aliphatic carbocycles. The Morgan fingerprint density at radius 2 is 1.55 bits per heavy atom. The predicted molar refractivity (Wildman–Crippen MR) is 128 cm³/mol. The second-order valence-electron chi connectivity index (χ2n) is 9.75. The summed E-state index contributed by atoms with van der Waals surface area (Å²) in [6.07, 6.45) is 10.0. The van der Waals surface area contributed by atoms with E-state index in [-0.39, 0.29) is 25.1 Å². The van der Waals surface area contributed by atoms with Gasteiger partial charge < -0.3 is 24.3 Å². The minimum Gasteiger partial charge on any atom is -0.391 e. The maximum atomic E-state index is 12.4. The fourth-order valence-corrected chi connectivity index (χ4v) is 4.43. The van der Waals surface area contributed by atoms with Crippen molar-refractivity contribution in [2.24, 2.45) is 0 Å². The van der Waals surface area contributed by atoms with Crippen molar-refractivity contribution in [3.8, 4) is 0 Å². The molecule has 31 heavy (non-hydrogen) atoms. The van der Waals surface area contributed by atoms with Gasteiger partial charge in [0, 0.05) is 6.42 Å². The molecular weight excluding hydrogens is 415 g/mol. The largest absolute Gasteiger partial charge is 0.391 e. The molecule has 0 spiro atoms. The van der Waals surface area contributed by atoms with Crippen LogP contribution in [-0.4, -0.2) is 73.0 Å². The second-order valence-corrected chi connectivity index (χ2v) is 11.7. The summed E-state index contributed by atoms with van der Waals surface area (Å²) in [5, 5.41) is 13.6. The molecule has 0 radical (unpaired) electrons. The molecule has 0 aromatic rings. The minimum absolute atomic E-state index is 0.0718. The highest BCUT2D eigenvalue weighted by Crippen LogP contribution is 2.42. The lowest BCUT2D eigenvalue weighted by Crippen LogP contribution is -2.44. The zero-order chi connectivity index (χ0) is 23.8. The van der Waals surface area contributed by atoms with Crippen molar-refractivity contribution >= 4 is 13.5 Å². The van der Waals surface area contributed by atoms with Crippen LogP contribution in [0.5, 0.6) is 0 Å². The van der Waals surface area contributed by atoms with E-state index in [9.17, 15) is 19.4 Å². The summed E-state index contributed by atoms with van der Waals surface area (Å²) >= 11 is 0. The quantitative estimate of drug-likeness (QED) is 0.140. The van der Waals surface area contributed by atoms with Crippen LogP contribution in [0.2, 0.25) is 0 Å². The summed E-state index contributed by atoms with van der Waals surface area (Å²) in [6.45, 7) is 5.10. The third-order valence-corrected chi connectivity index (χ3v) is 6.86. The molecule has 0 rings (SSSR count). The van der Waals surface area contributed by atoms with Crippen molar-refractivity contribution in [1.29, 1.82) is 0 Å². The number of nitrogens with one attached hydrogen (secondary N) is 1. The first-order chi connectivity index (χ1) is 14.5. The van der Waals surface area contributed by atoms with Gasteiger partial charge in [0.05, 0.1) is 39.5 Å². The predicted octanol–water partition coefficient (Wildman–Crippen LogP) is 4.46. The van der Waals surface area contributed by atoms with Gasteiger partial charge >= 0.3 is 7.60 Å². The Balaban J connectivity index is 4.66. The third-order valence-electron chi connectivity index (χ3n) is 5.45. The Hall–Kier alpha value is -0.460. The van der Waals surface area contributed by atoms with Crippen molar-refractivity contribution in [3.05, 3.63) is 0 Å². The number of nitrogens with zero attached hydrogens (tertiary/aromatic N) is 1. The van der Waals surface area contributed by atoms with Gasteiger partial charge in [0.2, 0.25) is 5.91 Å². The first-order valence-electron chi connectivity index (χ1n) is 12.2. The lowest BCUT2D eigenvalue weighted by Gasteiger charge is -2.26. The van der Waals surface area contributed by atoms with Crippen LogP contribution in [-0.2, 0) is 13.9 Å². The molecule has 0 saturated carbocycles. The zero-order valence-corrected chi connectivity index (χ0v) is 21.7. The van der Waals surface area contributed by atoms with E-state index in [1.807, 2.05) is 21.1 Å². The number of unbranched alkanes of at least 4 members (excludes halogenated alkanes) is 7. The van der Waals surface area contributed by atoms with Crippen LogP contribution in [0.15, 0.2) is 0 Å². The number of likely N-dealkylation sites (N-methyl/N-ethyl adjacent to an activating group) is 1. The van der Waals surface area contributed by atoms with Crippen LogP contribution in [0, 0.1) is 0 Å². The standard InChI is InChI=1S/C23H49N2O5P/c1-6-8-10-11-12-14-15-22(26)21(24-23(27)16-13-9-7-2)17-20-31(28,29)30-19-18-25(3,4)5/h21-22,26H,6-20H2,1-5H3,(H-,24,27,28,29)/p+1/t21-,22+/m0/s1. The molecule has 0 aromatic heterocycles. The number of carbonyl (C=O) groups excluding carboxylic acids is 1. The van der Waals surface area contributed by atoms with Crippen LogP contribution in [0.4, 0.5) is 0 Å². The van der Waals surface area contributed by atoms with Gasteiger partial charge in [-0.25, -0.2) is 0 Å². The molecule has 186 valence electrons. The molecule has 0 fully saturated rings. The summed E-state index contributed by atoms with van der Waals surface area (Å²) in [7, 11) is 2.22. The Kier molecular flexibility index (Phi) is 16.8. The lowest BCUT2D eigenvalue weighted by atomic mass is 10.0. The van der Waals surface area contributed by atoms with E-state index in [0.29, 0.717) is 23.9 Å². The zero-order valence-electron chi connectivity index (χ0n) is 20.8. The minimum atomic E-state index is -3.76. The molecule has 8 heteroatoms. The topological polar surface area (TPSA) is 95.9 Å². The van der Waals surface area contributed by atoms with Crippen LogP contribution in [0.25, 0.3) is 0 Å². The molecule has 1 amide bonds. The number of hydrogen-bond donors (Lipinski definition) is 3. The first kappa shape index (κ1) is 30.5. The van der Waals surface area contributed by atoms with Gasteiger partial charge in [-0.2, -0.15) is 0 Å². The fourth-order valence-electron chi connectivity index (χ4n) is 3.33. The summed E-state index contributed by atoms with van der Waals surface area (Å²) in [5.41, 5.74) is 0. The van der Waals surface area contributed by atoms with Gasteiger partial charge in [0.1, 0.15) is 13.2 Å². The summed E-state index contributed by atoms with van der Waals surface area (Å²) < 4.78 is 18.3. The number of carbonyl (C=O) groups is 1. The number of hydrogen-bond acceptors (Lipinski definition) is 4. The molecular formula is C23H50N2O5P+. The maximum absolute atomic E-state index is 12.4. The highest BCUT2D eigenvalue weighted by atomic mass is 31.2. The molecule has 0 heterocycles. The molecule has 7 nitrogen and oxygen atoms in total. The van der Waals surface area contributed by atoms with Crippen molar-refractivity contribution in [2.75, 3.05) is 40.5 Å². The normalized spacial score (nSPS) is 16.0. The Labute approximate surface area is 191 Å². The van der Waals surface area contributed by atoms with Crippen LogP contribution < -0.4 is 5.32 Å². The average Bonchev–Trinajstić information content (AvgIpc) is 2.66. The van der Waals surface area contributed by atoms with E-state index in [0.717, 1.165) is 38.5 Å². The second kappa shape index (κ2) is 17.1. The van der Waals surface area contributed by atoms with Gasteiger partial charge in [0.15, 0.2) is 0 Å². The lowest BCUT2D eigenvalue weighted by molar-refractivity contribution is -0.870. The number of aliphatic hydroxyl groups is 1. The van der Waals surface area contributed by atoms with E-state index < -0.39 is 19.7 Å². The summed E-state index contributed by atoms with van der Waals surface area (Å²) in [6, 6.07) is -0.521. The SMILES string of the molecule is CCCCCCCC[C@@H](O)[C@H](CCP(=O)(O)OCC[N+](C)(C)C)NC(=O)CCCCC. The highest BCUT2D eigenvalue weighted by molar-refractivity contribution is 7.52. The number of amides is 1. The highest BCUT2D eigenvalue weighted by Gasteiger charge is 2.27. The van der Waals surface area contributed by atoms with Crippen molar-refractivity contribution in [3.63, 3.8) is 0 Å². The monoisotopic (exact) mass is 465 g/mol. The van der Waals surface area contributed by atoms with Crippen molar-refractivity contribution < 1.29 is 28.4 Å². The molecule has 0 bridgehead atoms. The van der Waals surface area contributed by atoms with Crippen molar-refractivity contribution in [1.82, 2.24) is 5.32 Å². The van der Waals surface area contributed by atoms with Gasteiger partial charge in [-0.15, -0.1) is 0 Å². The first-order valence-corrected chi connectivity index (χ1v) is 14.0.